The fraction of sp³-hybridized carbons (Fsp3) is 0.600. The van der Waals surface area contributed by atoms with E-state index < -0.39 is 0 Å². The minimum atomic E-state index is -0.0823. The number of hydrogen-bond acceptors (Lipinski definition) is 4. The molecular weight excluding hydrogens is 270 g/mol. The highest BCUT2D eigenvalue weighted by atomic mass is 32.2. The van der Waals surface area contributed by atoms with Crippen molar-refractivity contribution >= 4 is 23.4 Å². The molecule has 0 aromatic carbocycles. The third kappa shape index (κ3) is 3.66. The van der Waals surface area contributed by atoms with Gasteiger partial charge in [0.05, 0.1) is 0 Å². The molecule has 1 heterocycles. The van der Waals surface area contributed by atoms with Gasteiger partial charge in [0, 0.05) is 30.2 Å². The highest BCUT2D eigenvalue weighted by Crippen LogP contribution is 2.37. The second-order valence-corrected chi connectivity index (χ2v) is 6.58. The average Bonchev–Trinajstić information content (AvgIpc) is 2.53. The molecule has 0 atom stereocenters. The largest absolute Gasteiger partial charge is 0.388 e. The Bertz CT molecular complexity index is 458. The Labute approximate surface area is 125 Å². The minimum Gasteiger partial charge on any atom is -0.388 e. The molecule has 0 spiro atoms. The van der Waals surface area contributed by atoms with E-state index in [9.17, 15) is 4.79 Å². The van der Waals surface area contributed by atoms with Gasteiger partial charge in [-0.25, -0.2) is 0 Å². The molecule has 1 amide bonds. The number of nitrogens with zero attached hydrogens (tertiary/aromatic N) is 1. The molecule has 4 nitrogen and oxygen atoms in total. The van der Waals surface area contributed by atoms with E-state index in [-0.39, 0.29) is 10.7 Å². The summed E-state index contributed by atoms with van der Waals surface area (Å²) in [5, 5.41) is 6.08. The molecule has 0 radical (unpaired) electrons. The second kappa shape index (κ2) is 6.97. The lowest BCUT2D eigenvalue weighted by atomic mass is 9.88. The molecule has 0 unspecified atom stereocenters. The molecule has 20 heavy (non-hydrogen) atoms. The maximum Gasteiger partial charge on any atom is 0.270 e. The van der Waals surface area contributed by atoms with E-state index in [1.165, 1.54) is 32.1 Å². The van der Waals surface area contributed by atoms with Gasteiger partial charge in [-0.15, -0.1) is 0 Å². The van der Waals surface area contributed by atoms with Gasteiger partial charge in [-0.1, -0.05) is 19.3 Å². The predicted octanol–water partition coefficient (Wildman–Crippen LogP) is 2.92. The van der Waals surface area contributed by atoms with Crippen LogP contribution in [0.3, 0.4) is 0 Å². The normalized spacial score (nSPS) is 17.5. The van der Waals surface area contributed by atoms with Crippen LogP contribution in [0.15, 0.2) is 18.3 Å². The molecule has 1 aliphatic rings. The number of nitrogens with one attached hydrogen (secondary N) is 2. The fourth-order valence-corrected chi connectivity index (χ4v) is 3.60. The number of anilines is 1. The number of pyridine rings is 1. The summed E-state index contributed by atoms with van der Waals surface area (Å²) in [4.78, 5) is 16.3. The zero-order valence-corrected chi connectivity index (χ0v) is 13.1. The first-order chi connectivity index (χ1) is 9.69. The van der Waals surface area contributed by atoms with Crippen molar-refractivity contribution in [3.8, 4) is 0 Å². The Morgan fingerprint density at radius 1 is 1.40 bits per heavy atom. The Hall–Kier alpha value is -1.23. The van der Waals surface area contributed by atoms with Crippen molar-refractivity contribution < 1.29 is 4.79 Å². The van der Waals surface area contributed by atoms with Gasteiger partial charge in [0.25, 0.3) is 5.91 Å². The van der Waals surface area contributed by atoms with Gasteiger partial charge in [-0.05, 0) is 31.2 Å². The van der Waals surface area contributed by atoms with Crippen LogP contribution in [-0.2, 0) is 0 Å². The van der Waals surface area contributed by atoms with Crippen LogP contribution in [0.2, 0.25) is 0 Å². The number of carbonyl (C=O) groups excluding carboxylic acids is 1. The minimum absolute atomic E-state index is 0.0823. The first-order valence-corrected chi connectivity index (χ1v) is 8.39. The fourth-order valence-electron chi connectivity index (χ4n) is 2.69. The maximum atomic E-state index is 12.2. The summed E-state index contributed by atoms with van der Waals surface area (Å²) < 4.78 is 0.217. The number of rotatable bonds is 5. The van der Waals surface area contributed by atoms with Gasteiger partial charge in [0.2, 0.25) is 0 Å². The van der Waals surface area contributed by atoms with Crippen molar-refractivity contribution in [3.05, 3.63) is 24.0 Å². The summed E-state index contributed by atoms with van der Waals surface area (Å²) in [6, 6.07) is 3.63. The molecule has 1 aromatic rings. The Balaban J connectivity index is 1.96. The molecular formula is C15H23N3OS. The Morgan fingerprint density at radius 3 is 2.80 bits per heavy atom. The highest BCUT2D eigenvalue weighted by molar-refractivity contribution is 8.00. The van der Waals surface area contributed by atoms with Crippen LogP contribution in [0.25, 0.3) is 0 Å². The quantitative estimate of drug-likeness (QED) is 0.876. The van der Waals surface area contributed by atoms with Gasteiger partial charge in [-0.2, -0.15) is 11.8 Å². The van der Waals surface area contributed by atoms with Crippen LogP contribution < -0.4 is 10.6 Å². The van der Waals surface area contributed by atoms with Crippen molar-refractivity contribution in [2.75, 3.05) is 25.2 Å². The summed E-state index contributed by atoms with van der Waals surface area (Å²) in [5.41, 5.74) is 1.38. The molecule has 0 bridgehead atoms. The summed E-state index contributed by atoms with van der Waals surface area (Å²) in [6.45, 7) is 0.735. The van der Waals surface area contributed by atoms with Crippen LogP contribution >= 0.6 is 11.8 Å². The Morgan fingerprint density at radius 2 is 2.15 bits per heavy atom. The molecule has 1 saturated carbocycles. The van der Waals surface area contributed by atoms with Crippen molar-refractivity contribution in [2.24, 2.45) is 0 Å². The average molecular weight is 293 g/mol. The van der Waals surface area contributed by atoms with Gasteiger partial charge in [0.1, 0.15) is 5.69 Å². The third-order valence-electron chi connectivity index (χ3n) is 4.05. The molecule has 0 aliphatic heterocycles. The molecule has 2 N–H and O–H groups in total. The SMILES string of the molecule is CNc1ccnc(C(=O)NCC2(SC)CCCCC2)c1. The summed E-state index contributed by atoms with van der Waals surface area (Å²) in [5.74, 6) is -0.0823. The zero-order chi connectivity index (χ0) is 14.4. The lowest BCUT2D eigenvalue weighted by molar-refractivity contribution is 0.0942. The van der Waals surface area contributed by atoms with E-state index in [4.69, 9.17) is 0 Å². The van der Waals surface area contributed by atoms with Crippen molar-refractivity contribution in [2.45, 2.75) is 36.9 Å². The van der Waals surface area contributed by atoms with Crippen molar-refractivity contribution in [1.82, 2.24) is 10.3 Å². The van der Waals surface area contributed by atoms with Crippen LogP contribution in [0.4, 0.5) is 5.69 Å². The molecule has 0 saturated heterocycles. The van der Waals surface area contributed by atoms with Crippen LogP contribution in [0.5, 0.6) is 0 Å². The van der Waals surface area contributed by atoms with Gasteiger partial charge in [0.15, 0.2) is 0 Å². The molecule has 110 valence electrons. The molecule has 1 aliphatic carbocycles. The van der Waals surface area contributed by atoms with Gasteiger partial charge < -0.3 is 10.6 Å². The zero-order valence-electron chi connectivity index (χ0n) is 12.2. The number of carbonyl (C=O) groups is 1. The van der Waals surface area contributed by atoms with Crippen LogP contribution in [0.1, 0.15) is 42.6 Å². The first kappa shape index (κ1) is 15.2. The lowest BCUT2D eigenvalue weighted by Crippen LogP contribution is -2.42. The predicted molar refractivity (Wildman–Crippen MR) is 85.4 cm³/mol. The summed E-state index contributed by atoms with van der Waals surface area (Å²) in [6.07, 6.45) is 10.1. The first-order valence-electron chi connectivity index (χ1n) is 7.16. The van der Waals surface area contributed by atoms with E-state index in [0.717, 1.165) is 12.2 Å². The standard InChI is InChI=1S/C15H23N3OS/c1-16-12-6-9-17-13(10-12)14(19)18-11-15(20-2)7-4-3-5-8-15/h6,9-10H,3-5,7-8,11H2,1-2H3,(H,16,17)(H,18,19). The van der Waals surface area contributed by atoms with Crippen molar-refractivity contribution in [3.63, 3.8) is 0 Å². The molecule has 2 rings (SSSR count). The van der Waals surface area contributed by atoms with Crippen LogP contribution in [-0.4, -0.2) is 35.5 Å². The number of aromatic nitrogens is 1. The van der Waals surface area contributed by atoms with Crippen LogP contribution in [0, 0.1) is 0 Å². The van der Waals surface area contributed by atoms with E-state index in [0.29, 0.717) is 5.69 Å². The van der Waals surface area contributed by atoms with E-state index in [1.807, 2.05) is 24.9 Å². The van der Waals surface area contributed by atoms with E-state index >= 15 is 0 Å². The third-order valence-corrected chi connectivity index (χ3v) is 5.47. The van der Waals surface area contributed by atoms with E-state index in [1.54, 1.807) is 12.3 Å². The van der Waals surface area contributed by atoms with Gasteiger partial charge >= 0.3 is 0 Å². The Kier molecular flexibility index (Phi) is 5.29. The topological polar surface area (TPSA) is 54.0 Å². The second-order valence-electron chi connectivity index (χ2n) is 5.31. The number of thioether (sulfide) groups is 1. The summed E-state index contributed by atoms with van der Waals surface area (Å²) >= 11 is 1.89. The van der Waals surface area contributed by atoms with Crippen molar-refractivity contribution in [1.29, 1.82) is 0 Å². The molecule has 1 aromatic heterocycles. The number of hydrogen-bond donors (Lipinski definition) is 2. The monoisotopic (exact) mass is 293 g/mol. The molecule has 5 heteroatoms. The number of amides is 1. The van der Waals surface area contributed by atoms with E-state index in [2.05, 4.69) is 21.9 Å². The highest BCUT2D eigenvalue weighted by Gasteiger charge is 2.31. The smallest absolute Gasteiger partial charge is 0.270 e. The summed E-state index contributed by atoms with van der Waals surface area (Å²) in [7, 11) is 1.84. The lowest BCUT2D eigenvalue weighted by Gasteiger charge is -2.35. The van der Waals surface area contributed by atoms with Gasteiger partial charge in [-0.3, -0.25) is 9.78 Å². The molecule has 1 fully saturated rings. The maximum absolute atomic E-state index is 12.2.